The third kappa shape index (κ3) is 2.38. The second-order valence-electron chi connectivity index (χ2n) is 1.94. The van der Waals surface area contributed by atoms with E-state index in [1.54, 1.807) is 7.11 Å². The van der Waals surface area contributed by atoms with Gasteiger partial charge in [0.25, 0.3) is 0 Å². The van der Waals surface area contributed by atoms with Crippen LogP contribution in [0, 0.1) is 7.14 Å². The van der Waals surface area contributed by atoms with Crippen LogP contribution >= 0.6 is 57.8 Å². The molecule has 0 saturated carbocycles. The number of hydrogen-bond acceptors (Lipinski definition) is 2. The molecule has 0 saturated heterocycles. The van der Waals surface area contributed by atoms with Gasteiger partial charge in [-0.3, -0.25) is 0 Å². The Morgan fingerprint density at radius 1 is 1.27 bits per heavy atom. The zero-order chi connectivity index (χ0) is 8.43. The lowest BCUT2D eigenvalue weighted by atomic mass is 10.3. The first-order valence-corrected chi connectivity index (χ1v) is 5.47. The summed E-state index contributed by atoms with van der Waals surface area (Å²) < 4.78 is 7.38. The molecule has 1 nitrogen and oxygen atoms in total. The summed E-state index contributed by atoms with van der Waals surface area (Å²) in [6.45, 7) is 0. The Morgan fingerprint density at radius 3 is 2.09 bits per heavy atom. The fourth-order valence-electron chi connectivity index (χ4n) is 0.742. The second kappa shape index (κ2) is 4.18. The van der Waals surface area contributed by atoms with Crippen molar-refractivity contribution >= 4 is 57.8 Å². The average molecular weight is 392 g/mol. The lowest BCUT2D eigenvalue weighted by molar-refractivity contribution is 0.408. The van der Waals surface area contributed by atoms with Gasteiger partial charge < -0.3 is 4.74 Å². The first-order chi connectivity index (χ1) is 5.15. The summed E-state index contributed by atoms with van der Waals surface area (Å²) in [5.41, 5.74) is 0. The number of methoxy groups -OCH3 is 1. The minimum absolute atomic E-state index is 0.934. The van der Waals surface area contributed by atoms with Crippen LogP contribution < -0.4 is 4.74 Å². The highest BCUT2D eigenvalue weighted by Crippen LogP contribution is 2.29. The van der Waals surface area contributed by atoms with Gasteiger partial charge in [0.2, 0.25) is 0 Å². The van der Waals surface area contributed by atoms with Gasteiger partial charge in [-0.1, -0.05) is 0 Å². The Morgan fingerprint density at radius 2 is 1.73 bits per heavy atom. The molecule has 1 rings (SSSR count). The third-order valence-corrected chi connectivity index (χ3v) is 3.05. The molecule has 0 aliphatic rings. The summed E-state index contributed by atoms with van der Waals surface area (Å²) >= 11 is 8.71. The van der Waals surface area contributed by atoms with Crippen LogP contribution in [-0.2, 0) is 0 Å². The quantitative estimate of drug-likeness (QED) is 0.571. The normalized spacial score (nSPS) is 9.82. The summed E-state index contributed by atoms with van der Waals surface area (Å²) in [4.78, 5) is 0.972. The van der Waals surface area contributed by atoms with Crippen molar-refractivity contribution in [2.45, 2.75) is 4.90 Å². The molecule has 0 aliphatic heterocycles. The van der Waals surface area contributed by atoms with E-state index in [9.17, 15) is 0 Å². The molecule has 0 radical (unpaired) electrons. The van der Waals surface area contributed by atoms with Gasteiger partial charge in [-0.25, -0.2) is 0 Å². The molecular formula is C7H6I2OS. The number of halogens is 2. The summed E-state index contributed by atoms with van der Waals surface area (Å²) in [6.07, 6.45) is 0. The van der Waals surface area contributed by atoms with Crippen molar-refractivity contribution in [2.75, 3.05) is 7.11 Å². The van der Waals surface area contributed by atoms with E-state index in [-0.39, 0.29) is 0 Å². The zero-order valence-corrected chi connectivity index (χ0v) is 11.0. The van der Waals surface area contributed by atoms with Gasteiger partial charge in [0.05, 0.1) is 14.3 Å². The van der Waals surface area contributed by atoms with Crippen molar-refractivity contribution in [1.29, 1.82) is 0 Å². The fourth-order valence-corrected chi connectivity index (χ4v) is 3.70. The van der Waals surface area contributed by atoms with E-state index in [1.807, 2.05) is 12.1 Å². The average Bonchev–Trinajstić information content (AvgIpc) is 1.85. The van der Waals surface area contributed by atoms with Gasteiger partial charge in [-0.15, -0.1) is 12.6 Å². The molecular weight excluding hydrogens is 386 g/mol. The lowest BCUT2D eigenvalue weighted by Gasteiger charge is -2.05. The van der Waals surface area contributed by atoms with Crippen molar-refractivity contribution in [3.63, 3.8) is 0 Å². The van der Waals surface area contributed by atoms with Gasteiger partial charge in [0.1, 0.15) is 5.75 Å². The van der Waals surface area contributed by atoms with Gasteiger partial charge in [-0.2, -0.15) is 0 Å². The molecule has 0 fully saturated rings. The van der Waals surface area contributed by atoms with Crippen LogP contribution in [-0.4, -0.2) is 7.11 Å². The van der Waals surface area contributed by atoms with E-state index in [2.05, 4.69) is 57.8 Å². The maximum absolute atomic E-state index is 5.18. The fraction of sp³-hybridized carbons (Fsp3) is 0.143. The van der Waals surface area contributed by atoms with E-state index in [0.717, 1.165) is 17.8 Å². The molecule has 0 spiro atoms. The van der Waals surface area contributed by atoms with E-state index in [1.165, 1.54) is 0 Å². The van der Waals surface area contributed by atoms with Crippen LogP contribution in [0.2, 0.25) is 0 Å². The molecule has 0 bridgehead atoms. The largest absolute Gasteiger partial charge is 0.495 e. The SMILES string of the molecule is COc1c(I)cc(S)cc1I. The van der Waals surface area contributed by atoms with Crippen LogP contribution in [0.3, 0.4) is 0 Å². The van der Waals surface area contributed by atoms with Crippen LogP contribution in [0.4, 0.5) is 0 Å². The van der Waals surface area contributed by atoms with Gasteiger partial charge in [0.15, 0.2) is 0 Å². The van der Waals surface area contributed by atoms with Crippen LogP contribution in [0.5, 0.6) is 5.75 Å². The Hall–Kier alpha value is 0.830. The Bertz CT molecular complexity index is 252. The molecule has 0 aliphatic carbocycles. The summed E-state index contributed by atoms with van der Waals surface area (Å²) in [6, 6.07) is 3.95. The molecule has 1 aromatic rings. The highest BCUT2D eigenvalue weighted by atomic mass is 127. The highest BCUT2D eigenvalue weighted by Gasteiger charge is 2.04. The molecule has 11 heavy (non-hydrogen) atoms. The molecule has 0 heterocycles. The minimum atomic E-state index is 0.934. The molecule has 0 aromatic heterocycles. The van der Waals surface area contributed by atoms with Crippen LogP contribution in [0.1, 0.15) is 0 Å². The summed E-state index contributed by atoms with van der Waals surface area (Å²) in [7, 11) is 1.68. The Balaban J connectivity index is 3.25. The Labute approximate surface area is 98.6 Å². The maximum Gasteiger partial charge on any atom is 0.145 e. The van der Waals surface area contributed by atoms with Crippen LogP contribution in [0.25, 0.3) is 0 Å². The molecule has 0 atom stereocenters. The van der Waals surface area contributed by atoms with E-state index >= 15 is 0 Å². The predicted molar refractivity (Wildman–Crippen MR) is 65.7 cm³/mol. The van der Waals surface area contributed by atoms with Gasteiger partial charge in [0, 0.05) is 4.90 Å². The zero-order valence-electron chi connectivity index (χ0n) is 5.77. The summed E-state index contributed by atoms with van der Waals surface area (Å²) in [5, 5.41) is 0. The first-order valence-electron chi connectivity index (χ1n) is 2.87. The van der Waals surface area contributed by atoms with Crippen molar-refractivity contribution in [1.82, 2.24) is 0 Å². The Kier molecular flexibility index (Phi) is 3.76. The van der Waals surface area contributed by atoms with E-state index in [4.69, 9.17) is 4.74 Å². The van der Waals surface area contributed by atoms with Crippen molar-refractivity contribution < 1.29 is 4.74 Å². The topological polar surface area (TPSA) is 9.23 Å². The van der Waals surface area contributed by atoms with Gasteiger partial charge >= 0.3 is 0 Å². The first kappa shape index (κ1) is 9.91. The highest BCUT2D eigenvalue weighted by molar-refractivity contribution is 14.1. The minimum Gasteiger partial charge on any atom is -0.495 e. The third-order valence-electron chi connectivity index (χ3n) is 1.19. The number of hydrogen-bond donors (Lipinski definition) is 1. The molecule has 0 N–H and O–H groups in total. The molecule has 0 unspecified atom stereocenters. The number of rotatable bonds is 1. The smallest absolute Gasteiger partial charge is 0.145 e. The number of ether oxygens (including phenoxy) is 1. The van der Waals surface area contributed by atoms with Crippen molar-refractivity contribution in [3.8, 4) is 5.75 Å². The molecule has 4 heteroatoms. The number of thiol groups is 1. The van der Waals surface area contributed by atoms with E-state index in [0.29, 0.717) is 0 Å². The van der Waals surface area contributed by atoms with Crippen molar-refractivity contribution in [3.05, 3.63) is 19.3 Å². The summed E-state index contributed by atoms with van der Waals surface area (Å²) in [5.74, 6) is 0.934. The lowest BCUT2D eigenvalue weighted by Crippen LogP contribution is -1.90. The molecule has 60 valence electrons. The standard InChI is InChI=1S/C7H6I2OS/c1-10-7-5(8)2-4(11)3-6(7)9/h2-3,11H,1H3. The monoisotopic (exact) mass is 392 g/mol. The second-order valence-corrected chi connectivity index (χ2v) is 4.78. The van der Waals surface area contributed by atoms with Crippen LogP contribution in [0.15, 0.2) is 17.0 Å². The van der Waals surface area contributed by atoms with Gasteiger partial charge in [-0.05, 0) is 57.3 Å². The van der Waals surface area contributed by atoms with Crippen molar-refractivity contribution in [2.24, 2.45) is 0 Å². The molecule has 0 amide bonds. The maximum atomic E-state index is 5.18. The number of benzene rings is 1. The molecule has 1 aromatic carbocycles. The van der Waals surface area contributed by atoms with E-state index < -0.39 is 0 Å². The predicted octanol–water partition coefficient (Wildman–Crippen LogP) is 3.19.